The molecule has 1 fully saturated rings. The summed E-state index contributed by atoms with van der Waals surface area (Å²) in [6.07, 6.45) is 5.29. The maximum Gasteiger partial charge on any atom is 0.338 e. The molecule has 2 heterocycles. The van der Waals surface area contributed by atoms with Crippen molar-refractivity contribution in [3.05, 3.63) is 35.4 Å². The molecule has 1 aliphatic carbocycles. The fraction of sp³-hybridized carbons (Fsp3) is 0.556. The summed E-state index contributed by atoms with van der Waals surface area (Å²) in [5, 5.41) is 15.2. The Bertz CT molecular complexity index is 531. The zero-order chi connectivity index (χ0) is 17.4. The first-order valence-corrected chi connectivity index (χ1v) is 8.35. The molecule has 132 valence electrons. The average molecular weight is 336 g/mol. The van der Waals surface area contributed by atoms with E-state index in [1.165, 1.54) is 6.42 Å². The number of fused-ring (bicyclic) bond motifs is 7. The van der Waals surface area contributed by atoms with Gasteiger partial charge in [-0.3, -0.25) is 0 Å². The number of aliphatic hydroxyl groups excluding tert-OH is 2. The lowest BCUT2D eigenvalue weighted by Gasteiger charge is -2.30. The highest BCUT2D eigenvalue weighted by atomic mass is 16.6. The average Bonchev–Trinajstić information content (AvgIpc) is 2.65. The van der Waals surface area contributed by atoms with Crippen molar-refractivity contribution in [1.82, 2.24) is 0 Å². The second-order valence-electron chi connectivity index (χ2n) is 5.96. The largest absolute Gasteiger partial charge is 0.458 e. The summed E-state index contributed by atoms with van der Waals surface area (Å²) in [4.78, 5) is 24.0. The summed E-state index contributed by atoms with van der Waals surface area (Å²) in [6.45, 7) is -0.0896. The van der Waals surface area contributed by atoms with Crippen molar-refractivity contribution < 1.29 is 29.3 Å². The molecule has 1 aromatic rings. The van der Waals surface area contributed by atoms with Gasteiger partial charge in [-0.05, 0) is 43.0 Å². The summed E-state index contributed by atoms with van der Waals surface area (Å²) < 4.78 is 10.9. The normalized spacial score (nSPS) is 21.3. The van der Waals surface area contributed by atoms with E-state index >= 15 is 0 Å². The van der Waals surface area contributed by atoms with E-state index in [1.807, 2.05) is 0 Å². The van der Waals surface area contributed by atoms with Crippen molar-refractivity contribution in [2.45, 2.75) is 38.2 Å². The number of rotatable bonds is 2. The molecule has 6 nitrogen and oxygen atoms in total. The topological polar surface area (TPSA) is 93.1 Å². The van der Waals surface area contributed by atoms with Crippen LogP contribution in [0.4, 0.5) is 0 Å². The van der Waals surface area contributed by atoms with Crippen molar-refractivity contribution in [3.8, 4) is 0 Å². The molecule has 2 aliphatic heterocycles. The van der Waals surface area contributed by atoms with Crippen LogP contribution < -0.4 is 0 Å². The van der Waals surface area contributed by atoms with Crippen molar-refractivity contribution in [2.24, 2.45) is 5.92 Å². The summed E-state index contributed by atoms with van der Waals surface area (Å²) in [5.74, 6) is -0.377. The highest BCUT2D eigenvalue weighted by molar-refractivity contribution is 5.93. The van der Waals surface area contributed by atoms with Gasteiger partial charge in [-0.2, -0.15) is 0 Å². The molecule has 2 bridgehead atoms. The standard InChI is InChI=1S/C16H18O4.C2H6O2/c17-15-12-6-8-13(9-7-12)16(18)20-14(10-19-15)11-4-2-1-3-5-11;3-1-2-4/h6-9,11,14H,1-5,10H2;3-4H,1-2H2. The fourth-order valence-corrected chi connectivity index (χ4v) is 2.96. The van der Waals surface area contributed by atoms with E-state index in [9.17, 15) is 9.59 Å². The lowest BCUT2D eigenvalue weighted by Crippen LogP contribution is -2.34. The van der Waals surface area contributed by atoms with Crippen molar-refractivity contribution >= 4 is 11.9 Å². The molecule has 1 atom stereocenters. The maximum atomic E-state index is 12.1. The van der Waals surface area contributed by atoms with Crippen molar-refractivity contribution in [3.63, 3.8) is 0 Å². The molecular weight excluding hydrogens is 312 g/mol. The van der Waals surface area contributed by atoms with Crippen LogP contribution in [-0.2, 0) is 9.47 Å². The Labute approximate surface area is 141 Å². The Kier molecular flexibility index (Phi) is 7.21. The van der Waals surface area contributed by atoms with E-state index in [4.69, 9.17) is 19.7 Å². The van der Waals surface area contributed by atoms with E-state index < -0.39 is 0 Å². The van der Waals surface area contributed by atoms with Gasteiger partial charge in [-0.15, -0.1) is 0 Å². The van der Waals surface area contributed by atoms with Crippen LogP contribution >= 0.6 is 0 Å². The van der Waals surface area contributed by atoms with Crippen molar-refractivity contribution in [1.29, 1.82) is 0 Å². The molecule has 0 saturated heterocycles. The van der Waals surface area contributed by atoms with Crippen LogP contribution in [0.5, 0.6) is 0 Å². The highest BCUT2D eigenvalue weighted by Gasteiger charge is 2.29. The molecule has 0 amide bonds. The second-order valence-corrected chi connectivity index (χ2v) is 5.96. The lowest BCUT2D eigenvalue weighted by atomic mass is 9.85. The highest BCUT2D eigenvalue weighted by Crippen LogP contribution is 2.29. The predicted molar refractivity (Wildman–Crippen MR) is 86.7 cm³/mol. The van der Waals surface area contributed by atoms with Gasteiger partial charge in [0.05, 0.1) is 24.3 Å². The predicted octanol–water partition coefficient (Wildman–Crippen LogP) is 1.93. The smallest absolute Gasteiger partial charge is 0.338 e. The number of aliphatic hydroxyl groups is 2. The molecule has 2 N–H and O–H groups in total. The first-order valence-electron chi connectivity index (χ1n) is 8.35. The molecule has 3 aliphatic rings. The van der Waals surface area contributed by atoms with Gasteiger partial charge >= 0.3 is 11.9 Å². The number of ether oxygens (including phenoxy) is 2. The van der Waals surface area contributed by atoms with Crippen LogP contribution in [0, 0.1) is 5.92 Å². The Morgan fingerprint density at radius 2 is 1.42 bits per heavy atom. The Balaban J connectivity index is 0.000000471. The molecule has 0 aromatic heterocycles. The van der Waals surface area contributed by atoms with E-state index in [2.05, 4.69) is 0 Å². The summed E-state index contributed by atoms with van der Waals surface area (Å²) in [7, 11) is 0. The van der Waals surface area contributed by atoms with E-state index in [0.717, 1.165) is 25.7 Å². The van der Waals surface area contributed by atoms with Crippen LogP contribution in [0.2, 0.25) is 0 Å². The van der Waals surface area contributed by atoms with Gasteiger partial charge in [-0.1, -0.05) is 19.3 Å². The lowest BCUT2D eigenvalue weighted by molar-refractivity contribution is -0.0251. The van der Waals surface area contributed by atoms with Crippen molar-refractivity contribution in [2.75, 3.05) is 19.8 Å². The van der Waals surface area contributed by atoms with Gasteiger partial charge in [0.2, 0.25) is 0 Å². The maximum absolute atomic E-state index is 12.1. The minimum Gasteiger partial charge on any atom is -0.458 e. The van der Waals surface area contributed by atoms with Gasteiger partial charge in [-0.25, -0.2) is 9.59 Å². The van der Waals surface area contributed by atoms with Crippen LogP contribution in [0.15, 0.2) is 24.3 Å². The van der Waals surface area contributed by atoms with E-state index in [1.54, 1.807) is 24.3 Å². The molecular formula is C18H24O6. The summed E-state index contributed by atoms with van der Waals surface area (Å²) in [5.41, 5.74) is 0.968. The zero-order valence-electron chi connectivity index (χ0n) is 13.6. The number of carbonyl (C=O) groups excluding carboxylic acids is 2. The molecule has 1 aromatic carbocycles. The molecule has 1 saturated carbocycles. The number of benzene rings is 1. The van der Waals surface area contributed by atoms with Gasteiger partial charge < -0.3 is 19.7 Å². The van der Waals surface area contributed by atoms with Crippen LogP contribution in [-0.4, -0.2) is 48.1 Å². The van der Waals surface area contributed by atoms with Gasteiger partial charge in [0, 0.05) is 0 Å². The summed E-state index contributed by atoms with van der Waals surface area (Å²) >= 11 is 0. The Morgan fingerprint density at radius 1 is 0.875 bits per heavy atom. The number of esters is 2. The molecule has 1 unspecified atom stereocenters. The number of carbonyl (C=O) groups is 2. The molecule has 4 rings (SSSR count). The molecule has 6 heteroatoms. The zero-order valence-corrected chi connectivity index (χ0v) is 13.6. The van der Waals surface area contributed by atoms with Gasteiger partial charge in [0.15, 0.2) is 0 Å². The molecule has 0 radical (unpaired) electrons. The Morgan fingerprint density at radius 3 is 1.96 bits per heavy atom. The first kappa shape index (κ1) is 18.4. The van der Waals surface area contributed by atoms with Gasteiger partial charge in [0.1, 0.15) is 12.7 Å². The van der Waals surface area contributed by atoms with Crippen LogP contribution in [0.3, 0.4) is 0 Å². The van der Waals surface area contributed by atoms with Gasteiger partial charge in [0.25, 0.3) is 0 Å². The second kappa shape index (κ2) is 9.39. The molecule has 0 spiro atoms. The first-order chi connectivity index (χ1) is 11.7. The quantitative estimate of drug-likeness (QED) is 0.802. The van der Waals surface area contributed by atoms with Crippen LogP contribution in [0.25, 0.3) is 0 Å². The third kappa shape index (κ3) is 5.04. The Hall–Kier alpha value is -1.92. The SMILES string of the molecule is O=C1OCC(C2CCCCC2)OC(=O)c2ccc1cc2.OCCO. The molecule has 24 heavy (non-hydrogen) atoms. The summed E-state index contributed by atoms with van der Waals surface area (Å²) in [6, 6.07) is 6.42. The van der Waals surface area contributed by atoms with E-state index in [0.29, 0.717) is 17.0 Å². The third-order valence-electron chi connectivity index (χ3n) is 4.27. The minimum atomic E-state index is -0.352. The van der Waals surface area contributed by atoms with E-state index in [-0.39, 0.29) is 37.9 Å². The third-order valence-corrected chi connectivity index (χ3v) is 4.27. The number of hydrogen-bond donors (Lipinski definition) is 2. The monoisotopic (exact) mass is 336 g/mol. The number of hydrogen-bond acceptors (Lipinski definition) is 6. The van der Waals surface area contributed by atoms with Crippen LogP contribution in [0.1, 0.15) is 52.8 Å². The fourth-order valence-electron chi connectivity index (χ4n) is 2.96. The minimum absolute atomic E-state index is 0.125.